The molecule has 118 valence electrons. The molecule has 21 heavy (non-hydrogen) atoms. The van der Waals surface area contributed by atoms with Gasteiger partial charge in [-0.3, -0.25) is 0 Å². The normalized spacial score (nSPS) is 17.3. The smallest absolute Gasteiger partial charge is 0.323 e. The molecule has 1 aromatic rings. The number of hydrogen-bond acceptors (Lipinski definition) is 6. The van der Waals surface area contributed by atoms with Gasteiger partial charge in [-0.2, -0.15) is 15.0 Å². The third-order valence-corrected chi connectivity index (χ3v) is 3.44. The number of aromatic nitrogens is 3. The number of anilines is 2. The summed E-state index contributed by atoms with van der Waals surface area (Å²) >= 11 is 0. The predicted molar refractivity (Wildman–Crippen MR) is 85.0 cm³/mol. The van der Waals surface area contributed by atoms with Crippen LogP contribution >= 0.6 is 0 Å². The topological polar surface area (TPSA) is 63.2 Å². The molecule has 0 saturated carbocycles. The fraction of sp³-hybridized carbons (Fsp3) is 0.800. The predicted octanol–water partition coefficient (Wildman–Crippen LogP) is 2.72. The third kappa shape index (κ3) is 4.44. The van der Waals surface area contributed by atoms with E-state index in [1.807, 2.05) is 13.8 Å². The first-order chi connectivity index (χ1) is 9.89. The first kappa shape index (κ1) is 15.8. The lowest BCUT2D eigenvalue weighted by Gasteiger charge is -2.20. The Morgan fingerprint density at radius 2 is 2.05 bits per heavy atom. The number of nitrogens with zero attached hydrogens (tertiary/aromatic N) is 4. The van der Waals surface area contributed by atoms with Crippen molar-refractivity contribution in [2.75, 3.05) is 29.9 Å². The van der Waals surface area contributed by atoms with Gasteiger partial charge in [0.25, 0.3) is 0 Å². The second kappa shape index (κ2) is 6.45. The van der Waals surface area contributed by atoms with Crippen molar-refractivity contribution in [1.82, 2.24) is 15.0 Å². The molecule has 0 unspecified atom stereocenters. The van der Waals surface area contributed by atoms with E-state index in [-0.39, 0.29) is 6.10 Å². The van der Waals surface area contributed by atoms with Crippen LogP contribution in [0.4, 0.5) is 11.9 Å². The standard InChI is InChI=1S/C15H27N5O/c1-6-8-16-12-17-13(19-14(18-12)21-11(2)3)20-9-7-15(4,5)10-20/h11H,6-10H2,1-5H3,(H,16,17,18,19). The van der Waals surface area contributed by atoms with Gasteiger partial charge >= 0.3 is 6.01 Å². The molecule has 0 bridgehead atoms. The van der Waals surface area contributed by atoms with Crippen LogP contribution in [-0.2, 0) is 0 Å². The second-order valence-electron chi connectivity index (χ2n) is 6.67. The lowest BCUT2D eigenvalue weighted by Crippen LogP contribution is -2.26. The van der Waals surface area contributed by atoms with E-state index in [2.05, 4.69) is 45.9 Å². The fourth-order valence-corrected chi connectivity index (χ4v) is 2.35. The molecule has 2 heterocycles. The number of rotatable bonds is 6. The summed E-state index contributed by atoms with van der Waals surface area (Å²) in [4.78, 5) is 15.6. The van der Waals surface area contributed by atoms with Gasteiger partial charge in [0, 0.05) is 19.6 Å². The van der Waals surface area contributed by atoms with Crippen LogP contribution in [0.15, 0.2) is 0 Å². The van der Waals surface area contributed by atoms with E-state index in [1.54, 1.807) is 0 Å². The average molecular weight is 293 g/mol. The Labute approximate surface area is 127 Å². The zero-order valence-electron chi connectivity index (χ0n) is 13.8. The summed E-state index contributed by atoms with van der Waals surface area (Å²) in [6.45, 7) is 13.4. The van der Waals surface area contributed by atoms with Gasteiger partial charge in [0.1, 0.15) is 0 Å². The fourth-order valence-electron chi connectivity index (χ4n) is 2.35. The van der Waals surface area contributed by atoms with Gasteiger partial charge in [0.2, 0.25) is 11.9 Å². The van der Waals surface area contributed by atoms with Crippen molar-refractivity contribution in [1.29, 1.82) is 0 Å². The molecule has 1 fully saturated rings. The van der Waals surface area contributed by atoms with E-state index in [0.717, 1.165) is 32.5 Å². The Balaban J connectivity index is 2.22. The van der Waals surface area contributed by atoms with E-state index in [0.29, 0.717) is 23.3 Å². The van der Waals surface area contributed by atoms with E-state index >= 15 is 0 Å². The molecule has 6 nitrogen and oxygen atoms in total. The summed E-state index contributed by atoms with van der Waals surface area (Å²) in [5.74, 6) is 1.31. The maximum atomic E-state index is 5.66. The summed E-state index contributed by atoms with van der Waals surface area (Å²) in [6, 6.07) is 0.401. The Bertz CT molecular complexity index is 475. The maximum Gasteiger partial charge on any atom is 0.323 e. The quantitative estimate of drug-likeness (QED) is 0.870. The van der Waals surface area contributed by atoms with Crippen molar-refractivity contribution in [2.24, 2.45) is 5.41 Å². The molecule has 1 aliphatic heterocycles. The molecule has 0 atom stereocenters. The maximum absolute atomic E-state index is 5.66. The Morgan fingerprint density at radius 3 is 2.62 bits per heavy atom. The van der Waals surface area contributed by atoms with Gasteiger partial charge < -0.3 is 15.0 Å². The van der Waals surface area contributed by atoms with Crippen molar-refractivity contribution < 1.29 is 4.74 Å². The first-order valence-corrected chi connectivity index (χ1v) is 7.81. The van der Waals surface area contributed by atoms with Gasteiger partial charge in [0.05, 0.1) is 6.10 Å². The molecule has 1 aliphatic rings. The molecule has 1 N–H and O–H groups in total. The first-order valence-electron chi connectivity index (χ1n) is 7.81. The Kier molecular flexibility index (Phi) is 4.85. The van der Waals surface area contributed by atoms with Gasteiger partial charge in [-0.05, 0) is 32.1 Å². The molecular formula is C15H27N5O. The highest BCUT2D eigenvalue weighted by atomic mass is 16.5. The lowest BCUT2D eigenvalue weighted by atomic mass is 9.93. The van der Waals surface area contributed by atoms with Gasteiger partial charge in [-0.1, -0.05) is 20.8 Å². The van der Waals surface area contributed by atoms with Crippen LogP contribution in [-0.4, -0.2) is 40.7 Å². The van der Waals surface area contributed by atoms with Crippen LogP contribution in [0.25, 0.3) is 0 Å². The summed E-state index contributed by atoms with van der Waals surface area (Å²) < 4.78 is 5.66. The largest absolute Gasteiger partial charge is 0.461 e. The van der Waals surface area contributed by atoms with Gasteiger partial charge in [0.15, 0.2) is 0 Å². The van der Waals surface area contributed by atoms with Crippen LogP contribution in [0.5, 0.6) is 6.01 Å². The molecule has 0 radical (unpaired) electrons. The molecule has 6 heteroatoms. The van der Waals surface area contributed by atoms with Crippen molar-refractivity contribution in [3.63, 3.8) is 0 Å². The Morgan fingerprint density at radius 1 is 1.29 bits per heavy atom. The number of ether oxygens (including phenoxy) is 1. The number of nitrogens with one attached hydrogen (secondary N) is 1. The van der Waals surface area contributed by atoms with E-state index < -0.39 is 0 Å². The molecular weight excluding hydrogens is 266 g/mol. The van der Waals surface area contributed by atoms with Crippen LogP contribution in [0.2, 0.25) is 0 Å². The van der Waals surface area contributed by atoms with E-state index in [4.69, 9.17) is 4.74 Å². The second-order valence-corrected chi connectivity index (χ2v) is 6.67. The van der Waals surface area contributed by atoms with Crippen molar-refractivity contribution in [2.45, 2.75) is 53.6 Å². The SMILES string of the molecule is CCCNc1nc(OC(C)C)nc(N2CCC(C)(C)C2)n1. The Hall–Kier alpha value is -1.59. The van der Waals surface area contributed by atoms with Crippen LogP contribution in [0.3, 0.4) is 0 Å². The van der Waals surface area contributed by atoms with E-state index in [9.17, 15) is 0 Å². The van der Waals surface area contributed by atoms with Crippen molar-refractivity contribution >= 4 is 11.9 Å². The van der Waals surface area contributed by atoms with E-state index in [1.165, 1.54) is 0 Å². The van der Waals surface area contributed by atoms with Crippen LogP contribution in [0, 0.1) is 5.41 Å². The summed E-state index contributed by atoms with van der Waals surface area (Å²) in [6.07, 6.45) is 2.23. The monoisotopic (exact) mass is 293 g/mol. The third-order valence-electron chi connectivity index (χ3n) is 3.44. The minimum absolute atomic E-state index is 0.0503. The summed E-state index contributed by atoms with van der Waals surface area (Å²) in [5.41, 5.74) is 0.308. The molecule has 0 aliphatic carbocycles. The minimum atomic E-state index is 0.0503. The molecule has 0 spiro atoms. The lowest BCUT2D eigenvalue weighted by molar-refractivity contribution is 0.222. The molecule has 0 amide bonds. The molecule has 0 aromatic carbocycles. The van der Waals surface area contributed by atoms with Crippen molar-refractivity contribution in [3.05, 3.63) is 0 Å². The summed E-state index contributed by atoms with van der Waals surface area (Å²) in [7, 11) is 0. The highest BCUT2D eigenvalue weighted by Crippen LogP contribution is 2.31. The zero-order chi connectivity index (χ0) is 15.5. The highest BCUT2D eigenvalue weighted by Gasteiger charge is 2.31. The highest BCUT2D eigenvalue weighted by molar-refractivity contribution is 5.39. The molecule has 1 saturated heterocycles. The van der Waals surface area contributed by atoms with Crippen LogP contribution < -0.4 is 15.0 Å². The average Bonchev–Trinajstić information content (AvgIpc) is 2.76. The van der Waals surface area contributed by atoms with Crippen molar-refractivity contribution in [3.8, 4) is 6.01 Å². The minimum Gasteiger partial charge on any atom is -0.461 e. The molecule has 2 rings (SSSR count). The van der Waals surface area contributed by atoms with Crippen LogP contribution in [0.1, 0.15) is 47.5 Å². The summed E-state index contributed by atoms with van der Waals surface area (Å²) in [5, 5.41) is 3.22. The molecule has 1 aromatic heterocycles. The van der Waals surface area contributed by atoms with Gasteiger partial charge in [-0.15, -0.1) is 0 Å². The number of hydrogen-bond donors (Lipinski definition) is 1. The zero-order valence-corrected chi connectivity index (χ0v) is 13.8. The van der Waals surface area contributed by atoms with Gasteiger partial charge in [-0.25, -0.2) is 0 Å².